The number of carbonyl (C=O) groups excluding carboxylic acids is 1. The second-order valence-electron chi connectivity index (χ2n) is 9.65. The fourth-order valence-corrected chi connectivity index (χ4v) is 5.68. The fraction of sp³-hybridized carbons (Fsp3) is 0.370. The largest absolute Gasteiger partial charge is 0.489 e. The number of amides is 1. The van der Waals surface area contributed by atoms with Gasteiger partial charge in [0.15, 0.2) is 5.75 Å². The Labute approximate surface area is 193 Å². The molecule has 1 aromatic heterocycles. The Hall–Kier alpha value is -3.41. The summed E-state index contributed by atoms with van der Waals surface area (Å²) in [4.78, 5) is 26.2. The van der Waals surface area contributed by atoms with Crippen LogP contribution in [-0.4, -0.2) is 53.6 Å². The topological polar surface area (TPSA) is 58.6 Å². The molecule has 0 unspecified atom stereocenters. The van der Waals surface area contributed by atoms with Gasteiger partial charge in [0.05, 0.1) is 12.3 Å². The molecule has 2 fully saturated rings. The Morgan fingerprint density at radius 3 is 2.79 bits per heavy atom. The number of aromatic nitrogens is 2. The van der Waals surface area contributed by atoms with Gasteiger partial charge >= 0.3 is 0 Å². The number of benzene rings is 2. The highest BCUT2D eigenvalue weighted by molar-refractivity contribution is 5.99. The molecule has 3 aliphatic rings. The summed E-state index contributed by atoms with van der Waals surface area (Å²) < 4.78 is 6.14. The first-order valence-electron chi connectivity index (χ1n) is 11.8. The van der Waals surface area contributed by atoms with Crippen molar-refractivity contribution in [2.75, 3.05) is 37.7 Å². The number of carbonyl (C=O) groups is 1. The van der Waals surface area contributed by atoms with E-state index in [2.05, 4.69) is 54.8 Å². The standard InChI is InChI=1S/C27H28N4O2/c1-3-22(32)31-16-27(17-31)12-13-30(15-27)26-28-21-11-6-14-33-25(21)24(29-26)20-10-5-9-19-8-4-7-18(2)23(19)20/h3-5,7-10H,1,6,11-17H2,2H3. The maximum absolute atomic E-state index is 11.9. The molecule has 0 atom stereocenters. The van der Waals surface area contributed by atoms with Gasteiger partial charge in [0.25, 0.3) is 0 Å². The highest BCUT2D eigenvalue weighted by Gasteiger charge is 2.49. The summed E-state index contributed by atoms with van der Waals surface area (Å²) in [5.41, 5.74) is 4.38. The molecular formula is C27H28N4O2. The van der Waals surface area contributed by atoms with Crippen molar-refractivity contribution >= 4 is 22.6 Å². The van der Waals surface area contributed by atoms with E-state index >= 15 is 0 Å². The molecule has 4 heterocycles. The van der Waals surface area contributed by atoms with Crippen LogP contribution in [0.25, 0.3) is 22.0 Å². The summed E-state index contributed by atoms with van der Waals surface area (Å²) >= 11 is 0. The number of fused-ring (bicyclic) bond motifs is 2. The Morgan fingerprint density at radius 2 is 1.97 bits per heavy atom. The molecular weight excluding hydrogens is 412 g/mol. The first-order chi connectivity index (χ1) is 16.1. The van der Waals surface area contributed by atoms with E-state index < -0.39 is 0 Å². The third-order valence-corrected chi connectivity index (χ3v) is 7.36. The van der Waals surface area contributed by atoms with Gasteiger partial charge in [0.2, 0.25) is 11.9 Å². The van der Waals surface area contributed by atoms with Crippen LogP contribution in [0, 0.1) is 12.3 Å². The van der Waals surface area contributed by atoms with E-state index in [9.17, 15) is 4.79 Å². The number of nitrogens with zero attached hydrogens (tertiary/aromatic N) is 4. The minimum atomic E-state index is 0.0230. The van der Waals surface area contributed by atoms with Gasteiger partial charge in [0.1, 0.15) is 5.69 Å². The molecule has 0 bridgehead atoms. The van der Waals surface area contributed by atoms with Gasteiger partial charge in [-0.1, -0.05) is 43.0 Å². The lowest BCUT2D eigenvalue weighted by Gasteiger charge is -2.47. The van der Waals surface area contributed by atoms with Crippen LogP contribution in [0.3, 0.4) is 0 Å². The summed E-state index contributed by atoms with van der Waals surface area (Å²) in [7, 11) is 0. The van der Waals surface area contributed by atoms with Crippen LogP contribution in [0.4, 0.5) is 5.95 Å². The number of aryl methyl sites for hydroxylation is 2. The molecule has 2 saturated heterocycles. The minimum absolute atomic E-state index is 0.0230. The van der Waals surface area contributed by atoms with Gasteiger partial charge in [-0.25, -0.2) is 9.97 Å². The molecule has 3 aliphatic heterocycles. The molecule has 1 amide bonds. The summed E-state index contributed by atoms with van der Waals surface area (Å²) in [6.07, 6.45) is 4.33. The first kappa shape index (κ1) is 20.2. The Kier molecular flexibility index (Phi) is 4.64. The average Bonchev–Trinajstić information content (AvgIpc) is 3.28. The zero-order valence-electron chi connectivity index (χ0n) is 19.0. The SMILES string of the molecule is C=CC(=O)N1CC2(CCN(c3nc4c(c(-c5cccc6cccc(C)c56)n3)OCCC4)C2)C1. The van der Waals surface area contributed by atoms with E-state index in [0.29, 0.717) is 6.61 Å². The number of ether oxygens (including phenoxy) is 1. The van der Waals surface area contributed by atoms with E-state index in [1.165, 1.54) is 22.4 Å². The zero-order chi connectivity index (χ0) is 22.6. The van der Waals surface area contributed by atoms with Crippen LogP contribution < -0.4 is 9.64 Å². The van der Waals surface area contributed by atoms with E-state index in [-0.39, 0.29) is 11.3 Å². The predicted molar refractivity (Wildman–Crippen MR) is 130 cm³/mol. The monoisotopic (exact) mass is 440 g/mol. The van der Waals surface area contributed by atoms with E-state index in [0.717, 1.165) is 74.1 Å². The van der Waals surface area contributed by atoms with Crippen LogP contribution in [-0.2, 0) is 11.2 Å². The summed E-state index contributed by atoms with van der Waals surface area (Å²) in [6, 6.07) is 12.8. The molecule has 6 heteroatoms. The summed E-state index contributed by atoms with van der Waals surface area (Å²) in [5.74, 6) is 1.64. The molecule has 3 aromatic rings. The van der Waals surface area contributed by atoms with Crippen molar-refractivity contribution in [1.29, 1.82) is 0 Å². The molecule has 6 rings (SSSR count). The average molecular weight is 441 g/mol. The lowest BCUT2D eigenvalue weighted by molar-refractivity contribution is -0.136. The molecule has 33 heavy (non-hydrogen) atoms. The molecule has 0 aliphatic carbocycles. The number of rotatable bonds is 3. The van der Waals surface area contributed by atoms with Gasteiger partial charge < -0.3 is 14.5 Å². The summed E-state index contributed by atoms with van der Waals surface area (Å²) in [5, 5.41) is 2.43. The van der Waals surface area contributed by atoms with Crippen molar-refractivity contribution in [2.24, 2.45) is 5.41 Å². The first-order valence-corrected chi connectivity index (χ1v) is 11.8. The molecule has 2 aromatic carbocycles. The molecule has 0 N–H and O–H groups in total. The van der Waals surface area contributed by atoms with Crippen molar-refractivity contribution < 1.29 is 9.53 Å². The van der Waals surface area contributed by atoms with Crippen LogP contribution in [0.5, 0.6) is 5.75 Å². The van der Waals surface area contributed by atoms with Crippen LogP contribution >= 0.6 is 0 Å². The number of hydrogen-bond acceptors (Lipinski definition) is 5. The fourth-order valence-electron chi connectivity index (χ4n) is 5.68. The smallest absolute Gasteiger partial charge is 0.245 e. The second kappa shape index (κ2) is 7.58. The molecule has 1 spiro atoms. The maximum atomic E-state index is 11.9. The highest BCUT2D eigenvalue weighted by Crippen LogP contribution is 2.43. The molecule has 0 radical (unpaired) electrons. The molecule has 6 nitrogen and oxygen atoms in total. The van der Waals surface area contributed by atoms with Crippen LogP contribution in [0.1, 0.15) is 24.1 Å². The van der Waals surface area contributed by atoms with Crippen molar-refractivity contribution in [3.05, 3.63) is 60.3 Å². The Morgan fingerprint density at radius 1 is 1.15 bits per heavy atom. The van der Waals surface area contributed by atoms with Crippen molar-refractivity contribution in [2.45, 2.75) is 26.2 Å². The van der Waals surface area contributed by atoms with E-state index in [1.54, 1.807) is 0 Å². The van der Waals surface area contributed by atoms with Crippen LogP contribution in [0.2, 0.25) is 0 Å². The Bertz CT molecular complexity index is 1270. The Balaban J connectivity index is 1.40. The lowest BCUT2D eigenvalue weighted by Crippen LogP contribution is -2.59. The maximum Gasteiger partial charge on any atom is 0.245 e. The lowest BCUT2D eigenvalue weighted by atomic mass is 9.79. The van der Waals surface area contributed by atoms with Crippen molar-refractivity contribution in [3.63, 3.8) is 0 Å². The molecule has 0 saturated carbocycles. The zero-order valence-corrected chi connectivity index (χ0v) is 19.0. The van der Waals surface area contributed by atoms with Gasteiger partial charge in [-0.3, -0.25) is 4.79 Å². The van der Waals surface area contributed by atoms with Crippen molar-refractivity contribution in [3.8, 4) is 17.0 Å². The van der Waals surface area contributed by atoms with Crippen LogP contribution in [0.15, 0.2) is 49.1 Å². The third-order valence-electron chi connectivity index (χ3n) is 7.36. The van der Waals surface area contributed by atoms with E-state index in [4.69, 9.17) is 14.7 Å². The summed E-state index contributed by atoms with van der Waals surface area (Å²) in [6.45, 7) is 9.83. The quantitative estimate of drug-likeness (QED) is 0.573. The van der Waals surface area contributed by atoms with Gasteiger partial charge in [0, 0.05) is 37.2 Å². The van der Waals surface area contributed by atoms with Gasteiger partial charge in [-0.2, -0.15) is 0 Å². The predicted octanol–water partition coefficient (Wildman–Crippen LogP) is 4.15. The van der Waals surface area contributed by atoms with Gasteiger partial charge in [-0.15, -0.1) is 0 Å². The minimum Gasteiger partial charge on any atom is -0.489 e. The van der Waals surface area contributed by atoms with Crippen molar-refractivity contribution in [1.82, 2.24) is 14.9 Å². The normalized spacial score (nSPS) is 18.7. The van der Waals surface area contributed by atoms with Gasteiger partial charge in [-0.05, 0) is 48.6 Å². The number of likely N-dealkylation sites (tertiary alicyclic amines) is 1. The third kappa shape index (κ3) is 3.27. The number of anilines is 1. The number of hydrogen-bond donors (Lipinski definition) is 0. The highest BCUT2D eigenvalue weighted by atomic mass is 16.5. The molecule has 168 valence electrons. The van der Waals surface area contributed by atoms with E-state index in [1.807, 2.05) is 4.90 Å². The second-order valence-corrected chi connectivity index (χ2v) is 9.65.